The van der Waals surface area contributed by atoms with Crippen molar-refractivity contribution >= 4 is 39.5 Å². The Labute approximate surface area is 543 Å². The molecule has 0 radical (unpaired) electrons. The second kappa shape index (κ2) is 61.0. The molecule has 528 valence electrons. The first kappa shape index (κ1) is 87.1. The third kappa shape index (κ3) is 63.2. The van der Waals surface area contributed by atoms with E-state index in [0.717, 1.165) is 114 Å². The van der Waals surface area contributed by atoms with Gasteiger partial charge in [-0.1, -0.05) is 299 Å². The number of esters is 4. The SMILES string of the molecule is CCCCCCCCCCCCCCCCCC(=O)O[C@H](COC(=O)CCCCCCCCCCCCC(C)C)COP(=O)(O)OC[C@@H](O)COP(=O)(O)OC[C@@H](COC(=O)CCCCCCCCC(C)CC)OC(=O)CCCCCCCCCCC(C)C. The molecule has 0 bridgehead atoms. The van der Waals surface area contributed by atoms with Gasteiger partial charge in [0, 0.05) is 25.7 Å². The Balaban J connectivity index is 5.26. The highest BCUT2D eigenvalue weighted by Gasteiger charge is 2.30. The van der Waals surface area contributed by atoms with E-state index in [0.29, 0.717) is 25.7 Å². The summed E-state index contributed by atoms with van der Waals surface area (Å²) in [6.45, 7) is 11.8. The van der Waals surface area contributed by atoms with Crippen molar-refractivity contribution in [2.75, 3.05) is 39.6 Å². The van der Waals surface area contributed by atoms with Crippen molar-refractivity contribution in [3.63, 3.8) is 0 Å². The topological polar surface area (TPSA) is 237 Å². The molecule has 0 saturated heterocycles. The molecule has 0 fully saturated rings. The van der Waals surface area contributed by atoms with Gasteiger partial charge < -0.3 is 33.8 Å². The summed E-state index contributed by atoms with van der Waals surface area (Å²) < 4.78 is 68.3. The minimum absolute atomic E-state index is 0.103. The second-order valence-corrected chi connectivity index (χ2v) is 29.4. The summed E-state index contributed by atoms with van der Waals surface area (Å²) in [5, 5.41) is 10.6. The van der Waals surface area contributed by atoms with Crippen LogP contribution in [0.15, 0.2) is 0 Å². The molecule has 19 heteroatoms. The monoisotopic (exact) mass is 1310 g/mol. The van der Waals surface area contributed by atoms with Gasteiger partial charge in [0.15, 0.2) is 12.2 Å². The number of ether oxygens (including phenoxy) is 4. The molecule has 0 saturated carbocycles. The van der Waals surface area contributed by atoms with Gasteiger partial charge in [-0.15, -0.1) is 0 Å². The number of aliphatic hydroxyl groups excluding tert-OH is 1. The summed E-state index contributed by atoms with van der Waals surface area (Å²) in [6.07, 6.45) is 44.5. The molecule has 17 nitrogen and oxygen atoms in total. The van der Waals surface area contributed by atoms with Crippen LogP contribution in [0.1, 0.15) is 350 Å². The first-order valence-electron chi connectivity index (χ1n) is 36.4. The maximum atomic E-state index is 13.0. The maximum Gasteiger partial charge on any atom is 0.472 e. The average molecular weight is 1310 g/mol. The van der Waals surface area contributed by atoms with Gasteiger partial charge in [0.2, 0.25) is 0 Å². The van der Waals surface area contributed by atoms with Crippen LogP contribution < -0.4 is 0 Å². The first-order chi connectivity index (χ1) is 42.8. The van der Waals surface area contributed by atoms with Gasteiger partial charge in [0.05, 0.1) is 26.4 Å². The van der Waals surface area contributed by atoms with Gasteiger partial charge in [0.1, 0.15) is 19.3 Å². The standard InChI is InChI=1S/C70H136O17P2/c1-8-10-11-12-13-14-15-16-17-18-19-24-30-39-46-53-69(74)86-65(57-80-67(72)51-44-37-29-23-21-20-22-27-34-41-48-61(3)4)59-84-88(76,77)82-55-64(71)56-83-89(78,79)85-60-66(58-81-68(73)52-45-38-33-32-36-43-50-63(7)9-2)87-70(75)54-47-40-31-26-25-28-35-42-49-62(5)6/h61-66,71H,8-60H2,1-7H3,(H,76,77)(H,78,79)/t63?,64-,65-,66-/m1/s1. The number of unbranched alkanes of at least 4 members (excludes halogenated alkanes) is 35. The van der Waals surface area contributed by atoms with Gasteiger partial charge >= 0.3 is 39.5 Å². The molecular weight excluding hydrogens is 1170 g/mol. The van der Waals surface area contributed by atoms with Crippen LogP contribution in [-0.2, 0) is 65.4 Å². The van der Waals surface area contributed by atoms with E-state index in [4.69, 9.17) is 37.0 Å². The Kier molecular flexibility index (Phi) is 59.6. The third-order valence-electron chi connectivity index (χ3n) is 16.5. The smallest absolute Gasteiger partial charge is 0.462 e. The molecule has 0 aliphatic carbocycles. The van der Waals surface area contributed by atoms with Crippen LogP contribution in [0.25, 0.3) is 0 Å². The number of carbonyl (C=O) groups excluding carboxylic acids is 4. The molecule has 89 heavy (non-hydrogen) atoms. The van der Waals surface area contributed by atoms with Crippen molar-refractivity contribution in [1.29, 1.82) is 0 Å². The van der Waals surface area contributed by atoms with Crippen molar-refractivity contribution in [3.05, 3.63) is 0 Å². The average Bonchev–Trinajstić information content (AvgIpc) is 3.56. The lowest BCUT2D eigenvalue weighted by molar-refractivity contribution is -0.161. The lowest BCUT2D eigenvalue weighted by Crippen LogP contribution is -2.30. The van der Waals surface area contributed by atoms with E-state index < -0.39 is 97.5 Å². The highest BCUT2D eigenvalue weighted by atomic mass is 31.2. The number of phosphoric acid groups is 2. The highest BCUT2D eigenvalue weighted by Crippen LogP contribution is 2.45. The van der Waals surface area contributed by atoms with Gasteiger partial charge in [-0.25, -0.2) is 9.13 Å². The number of aliphatic hydroxyl groups is 1. The molecule has 0 aromatic carbocycles. The Morgan fingerprint density at radius 2 is 0.573 bits per heavy atom. The van der Waals surface area contributed by atoms with Gasteiger partial charge in [0.25, 0.3) is 0 Å². The van der Waals surface area contributed by atoms with E-state index in [1.165, 1.54) is 154 Å². The van der Waals surface area contributed by atoms with Crippen LogP contribution in [0.2, 0.25) is 0 Å². The summed E-state index contributed by atoms with van der Waals surface area (Å²) >= 11 is 0. The maximum absolute atomic E-state index is 13.0. The Bertz CT molecular complexity index is 1750. The molecular formula is C70H136O17P2. The zero-order valence-corrected chi connectivity index (χ0v) is 59.7. The summed E-state index contributed by atoms with van der Waals surface area (Å²) in [5.41, 5.74) is 0. The minimum atomic E-state index is -4.95. The molecule has 0 rings (SSSR count). The molecule has 3 unspecified atom stereocenters. The van der Waals surface area contributed by atoms with E-state index in [-0.39, 0.29) is 25.7 Å². The Hall–Kier alpha value is -1.94. The normalized spacial score (nSPS) is 14.5. The number of phosphoric ester groups is 2. The van der Waals surface area contributed by atoms with Crippen molar-refractivity contribution in [2.24, 2.45) is 17.8 Å². The van der Waals surface area contributed by atoms with Crippen molar-refractivity contribution in [3.8, 4) is 0 Å². The molecule has 6 atom stereocenters. The highest BCUT2D eigenvalue weighted by molar-refractivity contribution is 7.47. The Morgan fingerprint density at radius 1 is 0.326 bits per heavy atom. The van der Waals surface area contributed by atoms with Crippen LogP contribution in [-0.4, -0.2) is 96.7 Å². The number of hydrogen-bond acceptors (Lipinski definition) is 15. The van der Waals surface area contributed by atoms with E-state index in [2.05, 4.69) is 48.5 Å². The first-order valence-corrected chi connectivity index (χ1v) is 39.4. The lowest BCUT2D eigenvalue weighted by Gasteiger charge is -2.21. The predicted octanol–water partition coefficient (Wildman–Crippen LogP) is 19.8. The number of rotatable bonds is 68. The predicted molar refractivity (Wildman–Crippen MR) is 358 cm³/mol. The fraction of sp³-hybridized carbons (Fsp3) is 0.943. The summed E-state index contributed by atoms with van der Waals surface area (Å²) in [5.74, 6) is 0.0799. The molecule has 0 amide bonds. The van der Waals surface area contributed by atoms with Crippen LogP contribution in [0, 0.1) is 17.8 Å². The molecule has 0 aliphatic heterocycles. The molecule has 0 spiro atoms. The summed E-state index contributed by atoms with van der Waals surface area (Å²) in [6, 6.07) is 0. The number of hydrogen-bond donors (Lipinski definition) is 3. The number of carbonyl (C=O) groups is 4. The molecule has 0 aromatic heterocycles. The van der Waals surface area contributed by atoms with Gasteiger partial charge in [-0.3, -0.25) is 37.3 Å². The summed E-state index contributed by atoms with van der Waals surface area (Å²) in [7, 11) is -9.90. The lowest BCUT2D eigenvalue weighted by atomic mass is 10.00. The fourth-order valence-electron chi connectivity index (χ4n) is 10.5. The van der Waals surface area contributed by atoms with Crippen LogP contribution in [0.5, 0.6) is 0 Å². The molecule has 3 N–H and O–H groups in total. The molecule has 0 aliphatic rings. The van der Waals surface area contributed by atoms with Crippen LogP contribution >= 0.6 is 15.6 Å². The van der Waals surface area contributed by atoms with Crippen molar-refractivity contribution < 1.29 is 80.2 Å². The van der Waals surface area contributed by atoms with Crippen molar-refractivity contribution in [1.82, 2.24) is 0 Å². The zero-order chi connectivity index (χ0) is 65.9. The van der Waals surface area contributed by atoms with Gasteiger partial charge in [-0.2, -0.15) is 0 Å². The summed E-state index contributed by atoms with van der Waals surface area (Å²) in [4.78, 5) is 72.5. The van der Waals surface area contributed by atoms with Crippen molar-refractivity contribution in [2.45, 2.75) is 369 Å². The third-order valence-corrected chi connectivity index (χ3v) is 18.4. The zero-order valence-electron chi connectivity index (χ0n) is 57.9. The fourth-order valence-corrected chi connectivity index (χ4v) is 12.1. The van der Waals surface area contributed by atoms with Gasteiger partial charge in [-0.05, 0) is 43.4 Å². The van der Waals surface area contributed by atoms with Crippen LogP contribution in [0.3, 0.4) is 0 Å². The quantitative estimate of drug-likeness (QED) is 0.0222. The molecule has 0 aromatic rings. The van der Waals surface area contributed by atoms with E-state index in [9.17, 15) is 43.2 Å². The van der Waals surface area contributed by atoms with E-state index in [1.807, 2.05) is 0 Å². The minimum Gasteiger partial charge on any atom is -0.462 e. The molecule has 0 heterocycles. The van der Waals surface area contributed by atoms with Crippen LogP contribution in [0.4, 0.5) is 0 Å². The Morgan fingerprint density at radius 3 is 0.854 bits per heavy atom. The van der Waals surface area contributed by atoms with E-state index in [1.54, 1.807) is 0 Å². The second-order valence-electron chi connectivity index (χ2n) is 26.5. The van der Waals surface area contributed by atoms with E-state index >= 15 is 0 Å². The largest absolute Gasteiger partial charge is 0.472 e.